The van der Waals surface area contributed by atoms with Crippen molar-refractivity contribution in [1.29, 1.82) is 0 Å². The van der Waals surface area contributed by atoms with Crippen molar-refractivity contribution in [2.75, 3.05) is 4.90 Å². The maximum atomic E-state index is 13.4. The number of nitro groups is 1. The molecule has 0 aliphatic heterocycles. The lowest BCUT2D eigenvalue weighted by atomic mass is 10.1. The van der Waals surface area contributed by atoms with Crippen LogP contribution in [0.15, 0.2) is 60.9 Å². The van der Waals surface area contributed by atoms with E-state index in [0.29, 0.717) is 17.2 Å². The predicted octanol–water partition coefficient (Wildman–Crippen LogP) is 5.06. The SMILES string of the molecule is Cc1ccc2sc(N(Cc3cccnc3)C(=O)c3ccc([N+](=O)[O-])cc3)nc2c1C. The third-order valence-electron chi connectivity index (χ3n) is 4.94. The number of fused-ring (bicyclic) bond motifs is 1. The summed E-state index contributed by atoms with van der Waals surface area (Å²) in [6.45, 7) is 4.34. The molecule has 30 heavy (non-hydrogen) atoms. The Hall–Kier alpha value is -3.65. The van der Waals surface area contributed by atoms with E-state index in [1.54, 1.807) is 17.3 Å². The molecule has 2 aromatic heterocycles. The highest BCUT2D eigenvalue weighted by molar-refractivity contribution is 7.22. The number of hydrogen-bond acceptors (Lipinski definition) is 6. The summed E-state index contributed by atoms with van der Waals surface area (Å²) in [5.74, 6) is -0.276. The van der Waals surface area contributed by atoms with E-state index in [0.717, 1.165) is 26.9 Å². The van der Waals surface area contributed by atoms with Crippen LogP contribution in [0.2, 0.25) is 0 Å². The Morgan fingerprint density at radius 1 is 1.13 bits per heavy atom. The molecule has 7 nitrogen and oxygen atoms in total. The van der Waals surface area contributed by atoms with Crippen molar-refractivity contribution in [3.8, 4) is 0 Å². The van der Waals surface area contributed by atoms with Gasteiger partial charge in [-0.1, -0.05) is 23.5 Å². The van der Waals surface area contributed by atoms with Gasteiger partial charge in [-0.25, -0.2) is 4.98 Å². The Bertz CT molecular complexity index is 1240. The highest BCUT2D eigenvalue weighted by atomic mass is 32.1. The number of carbonyl (C=O) groups is 1. The van der Waals surface area contributed by atoms with Gasteiger partial charge in [0.15, 0.2) is 5.13 Å². The van der Waals surface area contributed by atoms with E-state index in [1.165, 1.54) is 35.6 Å². The molecule has 0 fully saturated rings. The summed E-state index contributed by atoms with van der Waals surface area (Å²) in [4.78, 5) is 34.3. The molecule has 0 atom stereocenters. The Morgan fingerprint density at radius 3 is 2.57 bits per heavy atom. The van der Waals surface area contributed by atoms with Gasteiger partial charge in [0.25, 0.3) is 11.6 Å². The summed E-state index contributed by atoms with van der Waals surface area (Å²) in [6, 6.07) is 13.4. The van der Waals surface area contributed by atoms with E-state index in [2.05, 4.69) is 4.98 Å². The number of rotatable bonds is 5. The minimum Gasteiger partial charge on any atom is -0.279 e. The van der Waals surface area contributed by atoms with Crippen molar-refractivity contribution in [2.24, 2.45) is 0 Å². The lowest BCUT2D eigenvalue weighted by Gasteiger charge is -2.20. The van der Waals surface area contributed by atoms with Gasteiger partial charge in [0.05, 0.1) is 21.7 Å². The predicted molar refractivity (Wildman–Crippen MR) is 117 cm³/mol. The van der Waals surface area contributed by atoms with E-state index in [1.807, 2.05) is 38.1 Å². The van der Waals surface area contributed by atoms with Gasteiger partial charge in [-0.2, -0.15) is 0 Å². The van der Waals surface area contributed by atoms with Crippen LogP contribution < -0.4 is 4.90 Å². The van der Waals surface area contributed by atoms with Gasteiger partial charge in [0.2, 0.25) is 0 Å². The zero-order valence-electron chi connectivity index (χ0n) is 16.4. The molecular formula is C22H18N4O3S. The molecule has 0 aliphatic carbocycles. The number of carbonyl (C=O) groups excluding carboxylic acids is 1. The molecule has 0 aliphatic rings. The number of hydrogen-bond donors (Lipinski definition) is 0. The summed E-state index contributed by atoms with van der Waals surface area (Å²) < 4.78 is 1.00. The van der Waals surface area contributed by atoms with E-state index < -0.39 is 4.92 Å². The van der Waals surface area contributed by atoms with Crippen LogP contribution in [0.5, 0.6) is 0 Å². The number of thiazole rings is 1. The van der Waals surface area contributed by atoms with Crippen LogP contribution in [0.1, 0.15) is 27.0 Å². The fourth-order valence-electron chi connectivity index (χ4n) is 3.11. The zero-order valence-corrected chi connectivity index (χ0v) is 17.2. The number of aryl methyl sites for hydroxylation is 2. The lowest BCUT2D eigenvalue weighted by molar-refractivity contribution is -0.384. The number of anilines is 1. The Morgan fingerprint density at radius 2 is 1.90 bits per heavy atom. The quantitative estimate of drug-likeness (QED) is 0.334. The van der Waals surface area contributed by atoms with Crippen molar-refractivity contribution in [3.05, 3.63) is 93.3 Å². The van der Waals surface area contributed by atoms with E-state index in [4.69, 9.17) is 4.98 Å². The standard InChI is InChI=1S/C22H18N4O3S/c1-14-5-10-19-20(15(14)2)24-22(30-19)25(13-16-4-3-11-23-12-16)21(27)17-6-8-18(9-7-17)26(28)29/h3-12H,13H2,1-2H3. The number of pyridine rings is 1. The largest absolute Gasteiger partial charge is 0.279 e. The maximum absolute atomic E-state index is 13.4. The lowest BCUT2D eigenvalue weighted by Crippen LogP contribution is -2.30. The smallest absolute Gasteiger partial charge is 0.269 e. The van der Waals surface area contributed by atoms with Crippen molar-refractivity contribution in [2.45, 2.75) is 20.4 Å². The molecule has 2 aromatic carbocycles. The summed E-state index contributed by atoms with van der Waals surface area (Å²) in [6.07, 6.45) is 3.38. The molecule has 0 saturated carbocycles. The maximum Gasteiger partial charge on any atom is 0.269 e. The third kappa shape index (κ3) is 3.77. The number of nitro benzene ring substituents is 1. The number of nitrogens with zero attached hydrogens (tertiary/aromatic N) is 4. The first-order valence-corrected chi connectivity index (χ1v) is 10.1. The molecular weight excluding hydrogens is 400 g/mol. The van der Waals surface area contributed by atoms with Crippen molar-refractivity contribution < 1.29 is 9.72 Å². The Balaban J connectivity index is 1.77. The molecule has 8 heteroatoms. The average Bonchev–Trinajstić information content (AvgIpc) is 3.20. The van der Waals surface area contributed by atoms with Crippen LogP contribution in [0, 0.1) is 24.0 Å². The van der Waals surface area contributed by atoms with Gasteiger partial charge < -0.3 is 0 Å². The first-order chi connectivity index (χ1) is 14.4. The third-order valence-corrected chi connectivity index (χ3v) is 5.98. The van der Waals surface area contributed by atoms with E-state index in [9.17, 15) is 14.9 Å². The van der Waals surface area contributed by atoms with Crippen LogP contribution in [-0.4, -0.2) is 20.8 Å². The van der Waals surface area contributed by atoms with Crippen LogP contribution in [0.3, 0.4) is 0 Å². The number of aromatic nitrogens is 2. The molecule has 0 spiro atoms. The van der Waals surface area contributed by atoms with Crippen molar-refractivity contribution in [3.63, 3.8) is 0 Å². The second-order valence-corrected chi connectivity index (χ2v) is 7.92. The van der Waals surface area contributed by atoms with Crippen LogP contribution in [0.25, 0.3) is 10.2 Å². The molecule has 0 bridgehead atoms. The van der Waals surface area contributed by atoms with Crippen LogP contribution in [0.4, 0.5) is 10.8 Å². The fraction of sp³-hybridized carbons (Fsp3) is 0.136. The molecule has 0 saturated heterocycles. The Labute approximate surface area is 176 Å². The second-order valence-electron chi connectivity index (χ2n) is 6.91. The minimum absolute atomic E-state index is 0.0588. The number of benzene rings is 2. The average molecular weight is 418 g/mol. The van der Waals surface area contributed by atoms with Crippen LogP contribution >= 0.6 is 11.3 Å². The molecule has 4 rings (SSSR count). The van der Waals surface area contributed by atoms with Gasteiger partial charge in [-0.05, 0) is 54.8 Å². The molecule has 1 amide bonds. The molecule has 150 valence electrons. The van der Waals surface area contributed by atoms with Gasteiger partial charge in [-0.3, -0.25) is 24.8 Å². The number of non-ortho nitro benzene ring substituents is 1. The molecule has 0 N–H and O–H groups in total. The van der Waals surface area contributed by atoms with E-state index >= 15 is 0 Å². The van der Waals surface area contributed by atoms with Crippen molar-refractivity contribution >= 4 is 38.3 Å². The van der Waals surface area contributed by atoms with Crippen molar-refractivity contribution in [1.82, 2.24) is 9.97 Å². The summed E-state index contributed by atoms with van der Waals surface area (Å²) >= 11 is 1.44. The second kappa shape index (κ2) is 8.00. The molecule has 4 aromatic rings. The normalized spacial score (nSPS) is 10.9. The van der Waals surface area contributed by atoms with Gasteiger partial charge >= 0.3 is 0 Å². The van der Waals surface area contributed by atoms with Gasteiger partial charge in [0, 0.05) is 30.1 Å². The molecule has 0 unspecified atom stereocenters. The topological polar surface area (TPSA) is 89.2 Å². The Kier molecular flexibility index (Phi) is 5.24. The van der Waals surface area contributed by atoms with Gasteiger partial charge in [0.1, 0.15) is 0 Å². The summed E-state index contributed by atoms with van der Waals surface area (Å²) in [5, 5.41) is 11.5. The first kappa shape index (κ1) is 19.7. The minimum atomic E-state index is -0.486. The first-order valence-electron chi connectivity index (χ1n) is 9.26. The van der Waals surface area contributed by atoms with Crippen LogP contribution in [-0.2, 0) is 6.54 Å². The van der Waals surface area contributed by atoms with Gasteiger partial charge in [-0.15, -0.1) is 0 Å². The highest BCUT2D eigenvalue weighted by Gasteiger charge is 2.23. The number of amides is 1. The molecule has 2 heterocycles. The fourth-order valence-corrected chi connectivity index (χ4v) is 4.13. The summed E-state index contributed by atoms with van der Waals surface area (Å²) in [7, 11) is 0. The zero-order chi connectivity index (χ0) is 21.3. The summed E-state index contributed by atoms with van der Waals surface area (Å²) in [5.41, 5.74) is 4.26. The van der Waals surface area contributed by atoms with E-state index in [-0.39, 0.29) is 11.6 Å². The monoisotopic (exact) mass is 418 g/mol. The highest BCUT2D eigenvalue weighted by Crippen LogP contribution is 2.33. The molecule has 0 radical (unpaired) electrons.